The Bertz CT molecular complexity index is 615. The Morgan fingerprint density at radius 2 is 2.13 bits per heavy atom. The lowest BCUT2D eigenvalue weighted by Crippen LogP contribution is -2.32. The van der Waals surface area contributed by atoms with Crippen LogP contribution in [0.2, 0.25) is 5.02 Å². The molecule has 0 saturated heterocycles. The Hall–Kier alpha value is -2.01. The summed E-state index contributed by atoms with van der Waals surface area (Å²) in [6.07, 6.45) is 5.40. The SMILES string of the molecule is COc1ccc(Cl)cc1NC(=O)[C@H](C)OC(=O)[C@@H]1CC=CCC1. The van der Waals surface area contributed by atoms with Gasteiger partial charge in [-0.05, 0) is 44.4 Å². The highest BCUT2D eigenvalue weighted by molar-refractivity contribution is 6.31. The number of carbonyl (C=O) groups excluding carboxylic acids is 2. The zero-order valence-corrected chi connectivity index (χ0v) is 13.9. The number of ether oxygens (including phenoxy) is 2. The molecule has 5 nitrogen and oxygen atoms in total. The second kappa shape index (κ2) is 8.02. The quantitative estimate of drug-likeness (QED) is 0.659. The summed E-state index contributed by atoms with van der Waals surface area (Å²) >= 11 is 5.92. The molecule has 0 radical (unpaired) electrons. The van der Waals surface area contributed by atoms with Crippen molar-refractivity contribution in [2.24, 2.45) is 5.92 Å². The fourth-order valence-electron chi connectivity index (χ4n) is 2.34. The van der Waals surface area contributed by atoms with Gasteiger partial charge < -0.3 is 14.8 Å². The molecule has 0 spiro atoms. The minimum atomic E-state index is -0.892. The minimum absolute atomic E-state index is 0.170. The monoisotopic (exact) mass is 337 g/mol. The Morgan fingerprint density at radius 3 is 2.78 bits per heavy atom. The number of rotatable bonds is 5. The maximum absolute atomic E-state index is 12.2. The normalized spacial score (nSPS) is 18.1. The third kappa shape index (κ3) is 4.73. The molecule has 124 valence electrons. The van der Waals surface area contributed by atoms with Crippen LogP contribution in [0, 0.1) is 5.92 Å². The number of carbonyl (C=O) groups is 2. The maximum Gasteiger partial charge on any atom is 0.310 e. The number of halogens is 1. The fourth-order valence-corrected chi connectivity index (χ4v) is 2.52. The van der Waals surface area contributed by atoms with Gasteiger partial charge in [0.25, 0.3) is 5.91 Å². The van der Waals surface area contributed by atoms with E-state index in [1.165, 1.54) is 7.11 Å². The minimum Gasteiger partial charge on any atom is -0.495 e. The van der Waals surface area contributed by atoms with E-state index in [0.29, 0.717) is 22.9 Å². The third-order valence-electron chi connectivity index (χ3n) is 3.68. The summed E-state index contributed by atoms with van der Waals surface area (Å²) < 4.78 is 10.4. The lowest BCUT2D eigenvalue weighted by Gasteiger charge is -2.20. The van der Waals surface area contributed by atoms with E-state index in [0.717, 1.165) is 12.8 Å². The summed E-state index contributed by atoms with van der Waals surface area (Å²) in [4.78, 5) is 24.3. The Labute approximate surface area is 140 Å². The van der Waals surface area contributed by atoms with E-state index < -0.39 is 12.0 Å². The molecular weight excluding hydrogens is 318 g/mol. The average Bonchev–Trinajstić information content (AvgIpc) is 2.55. The number of benzene rings is 1. The number of hydrogen-bond donors (Lipinski definition) is 1. The molecule has 1 amide bonds. The van der Waals surface area contributed by atoms with E-state index in [9.17, 15) is 9.59 Å². The van der Waals surface area contributed by atoms with Crippen molar-refractivity contribution in [2.45, 2.75) is 32.3 Å². The first-order valence-corrected chi connectivity index (χ1v) is 7.89. The van der Waals surface area contributed by atoms with Crippen LogP contribution >= 0.6 is 11.6 Å². The zero-order valence-electron chi connectivity index (χ0n) is 13.2. The number of methoxy groups -OCH3 is 1. The van der Waals surface area contributed by atoms with Crippen LogP contribution in [-0.2, 0) is 14.3 Å². The average molecular weight is 338 g/mol. The predicted molar refractivity (Wildman–Crippen MR) is 88.7 cm³/mol. The van der Waals surface area contributed by atoms with E-state index in [1.807, 2.05) is 12.2 Å². The first-order chi connectivity index (χ1) is 11.0. The number of hydrogen-bond acceptors (Lipinski definition) is 4. The number of esters is 1. The Morgan fingerprint density at radius 1 is 1.35 bits per heavy atom. The van der Waals surface area contributed by atoms with Crippen LogP contribution in [0.4, 0.5) is 5.69 Å². The van der Waals surface area contributed by atoms with Crippen LogP contribution in [0.25, 0.3) is 0 Å². The van der Waals surface area contributed by atoms with Crippen LogP contribution in [0.3, 0.4) is 0 Å². The highest BCUT2D eigenvalue weighted by Gasteiger charge is 2.25. The molecule has 23 heavy (non-hydrogen) atoms. The van der Waals surface area contributed by atoms with Gasteiger partial charge in [-0.1, -0.05) is 23.8 Å². The summed E-state index contributed by atoms with van der Waals surface area (Å²) in [5.74, 6) is -0.449. The molecule has 0 saturated carbocycles. The number of anilines is 1. The van der Waals surface area contributed by atoms with Gasteiger partial charge in [-0.25, -0.2) is 0 Å². The van der Waals surface area contributed by atoms with E-state index in [2.05, 4.69) is 5.32 Å². The molecule has 2 rings (SSSR count). The molecule has 0 unspecified atom stereocenters. The van der Waals surface area contributed by atoms with Gasteiger partial charge in [0.1, 0.15) is 5.75 Å². The van der Waals surface area contributed by atoms with Crippen molar-refractivity contribution in [1.82, 2.24) is 0 Å². The van der Waals surface area contributed by atoms with Crippen molar-refractivity contribution in [1.29, 1.82) is 0 Å². The summed E-state index contributed by atoms with van der Waals surface area (Å²) in [5, 5.41) is 3.14. The fraction of sp³-hybridized carbons (Fsp3) is 0.412. The second-order valence-electron chi connectivity index (χ2n) is 5.39. The van der Waals surface area contributed by atoms with Gasteiger partial charge in [0, 0.05) is 5.02 Å². The molecule has 1 aromatic rings. The van der Waals surface area contributed by atoms with Crippen molar-refractivity contribution >= 4 is 29.2 Å². The number of nitrogens with one attached hydrogen (secondary N) is 1. The van der Waals surface area contributed by atoms with Crippen molar-refractivity contribution in [3.8, 4) is 5.75 Å². The molecule has 0 bridgehead atoms. The number of allylic oxidation sites excluding steroid dienone is 2. The second-order valence-corrected chi connectivity index (χ2v) is 5.83. The van der Waals surface area contributed by atoms with Gasteiger partial charge in [0.05, 0.1) is 18.7 Å². The summed E-state index contributed by atoms with van der Waals surface area (Å²) in [6.45, 7) is 1.54. The Kier molecular flexibility index (Phi) is 6.04. The standard InChI is InChI=1S/C17H20ClNO4/c1-11(23-17(21)12-6-4-3-5-7-12)16(20)19-14-10-13(18)8-9-15(14)22-2/h3-4,8-12H,5-7H2,1-2H3,(H,19,20)/t11-,12+/m0/s1. The van der Waals surface area contributed by atoms with Crippen molar-refractivity contribution in [3.05, 3.63) is 35.4 Å². The molecule has 1 N–H and O–H groups in total. The van der Waals surface area contributed by atoms with E-state index in [4.69, 9.17) is 21.1 Å². The first kappa shape index (κ1) is 17.3. The lowest BCUT2D eigenvalue weighted by molar-refractivity contribution is -0.157. The number of amides is 1. The molecule has 0 fully saturated rings. The maximum atomic E-state index is 12.2. The van der Waals surface area contributed by atoms with Crippen LogP contribution in [0.1, 0.15) is 26.2 Å². The van der Waals surface area contributed by atoms with Gasteiger partial charge >= 0.3 is 5.97 Å². The first-order valence-electron chi connectivity index (χ1n) is 7.51. The van der Waals surface area contributed by atoms with Crippen LogP contribution in [0.5, 0.6) is 5.75 Å². The van der Waals surface area contributed by atoms with E-state index in [-0.39, 0.29) is 11.9 Å². The highest BCUT2D eigenvalue weighted by atomic mass is 35.5. The van der Waals surface area contributed by atoms with E-state index >= 15 is 0 Å². The summed E-state index contributed by atoms with van der Waals surface area (Å²) in [5.41, 5.74) is 0.438. The smallest absolute Gasteiger partial charge is 0.310 e. The topological polar surface area (TPSA) is 64.6 Å². The molecule has 0 aromatic heterocycles. The zero-order chi connectivity index (χ0) is 16.8. The molecular formula is C17H20ClNO4. The highest BCUT2D eigenvalue weighted by Crippen LogP contribution is 2.28. The molecule has 0 aliphatic heterocycles. The third-order valence-corrected chi connectivity index (χ3v) is 3.92. The molecule has 1 aliphatic rings. The largest absolute Gasteiger partial charge is 0.495 e. The molecule has 1 aliphatic carbocycles. The van der Waals surface area contributed by atoms with Gasteiger partial charge in [-0.2, -0.15) is 0 Å². The van der Waals surface area contributed by atoms with Gasteiger partial charge in [0.15, 0.2) is 6.10 Å². The van der Waals surface area contributed by atoms with Crippen LogP contribution in [0.15, 0.2) is 30.4 Å². The lowest BCUT2D eigenvalue weighted by atomic mass is 9.95. The summed E-state index contributed by atoms with van der Waals surface area (Å²) in [7, 11) is 1.50. The van der Waals surface area contributed by atoms with Gasteiger partial charge in [0.2, 0.25) is 0 Å². The van der Waals surface area contributed by atoms with Crippen LogP contribution in [-0.4, -0.2) is 25.1 Å². The van der Waals surface area contributed by atoms with Crippen molar-refractivity contribution in [2.75, 3.05) is 12.4 Å². The summed E-state index contributed by atoms with van der Waals surface area (Å²) in [6, 6.07) is 4.90. The predicted octanol–water partition coefficient (Wildman–Crippen LogP) is 3.58. The molecule has 2 atom stereocenters. The van der Waals surface area contributed by atoms with Crippen molar-refractivity contribution < 1.29 is 19.1 Å². The van der Waals surface area contributed by atoms with Crippen molar-refractivity contribution in [3.63, 3.8) is 0 Å². The Balaban J connectivity index is 1.96. The van der Waals surface area contributed by atoms with Crippen LogP contribution < -0.4 is 10.1 Å². The molecule has 0 heterocycles. The van der Waals surface area contributed by atoms with Gasteiger partial charge in [-0.15, -0.1) is 0 Å². The van der Waals surface area contributed by atoms with E-state index in [1.54, 1.807) is 25.1 Å². The van der Waals surface area contributed by atoms with Gasteiger partial charge in [-0.3, -0.25) is 9.59 Å². The molecule has 1 aromatic carbocycles. The molecule has 6 heteroatoms.